The number of fused-ring (bicyclic) bond motifs is 1. The van der Waals surface area contributed by atoms with E-state index in [2.05, 4.69) is 20.9 Å². The first-order chi connectivity index (χ1) is 15.8. The van der Waals surface area contributed by atoms with Gasteiger partial charge in [0.2, 0.25) is 11.8 Å². The van der Waals surface area contributed by atoms with Crippen molar-refractivity contribution in [3.63, 3.8) is 0 Å². The zero-order valence-corrected chi connectivity index (χ0v) is 19.6. The van der Waals surface area contributed by atoms with Crippen LogP contribution in [-0.2, 0) is 16.6 Å². The third-order valence-corrected chi connectivity index (χ3v) is 6.34. The number of benzene rings is 2. The fourth-order valence-corrected chi connectivity index (χ4v) is 4.43. The zero-order valence-electron chi connectivity index (χ0n) is 18.0. The predicted molar refractivity (Wildman–Crippen MR) is 130 cm³/mol. The molecule has 3 heterocycles. The van der Waals surface area contributed by atoms with Crippen molar-refractivity contribution in [1.29, 1.82) is 0 Å². The number of anilines is 1. The van der Waals surface area contributed by atoms with E-state index in [-0.39, 0.29) is 30.2 Å². The number of halogens is 1. The van der Waals surface area contributed by atoms with Gasteiger partial charge in [0.15, 0.2) is 0 Å². The van der Waals surface area contributed by atoms with Crippen LogP contribution in [-0.4, -0.2) is 21.4 Å². The Morgan fingerprint density at radius 2 is 1.67 bits per heavy atom. The van der Waals surface area contributed by atoms with Crippen molar-refractivity contribution in [1.82, 2.24) is 9.55 Å². The number of imide groups is 1. The van der Waals surface area contributed by atoms with Crippen LogP contribution in [0.3, 0.4) is 0 Å². The summed E-state index contributed by atoms with van der Waals surface area (Å²) in [6.45, 7) is 1.85. The Balaban J connectivity index is 1.76. The molecule has 2 amide bonds. The first-order valence-electron chi connectivity index (χ1n) is 10.4. The topological polar surface area (TPSA) is 84.4 Å². The molecule has 1 N–H and O–H groups in total. The van der Waals surface area contributed by atoms with Crippen molar-refractivity contribution in [3.05, 3.63) is 75.2 Å². The molecule has 166 valence electrons. The molecule has 1 fully saturated rings. The summed E-state index contributed by atoms with van der Waals surface area (Å²) in [6, 6.07) is 12.9. The number of aromatic nitrogens is 2. The molecule has 0 aliphatic carbocycles. The van der Waals surface area contributed by atoms with E-state index in [1.54, 1.807) is 25.5 Å². The maximum Gasteiger partial charge on any atom is 0.274 e. The maximum absolute atomic E-state index is 12.6. The second-order valence-corrected chi connectivity index (χ2v) is 8.95. The molecule has 0 bridgehead atoms. The largest absolute Gasteiger partial charge is 0.457 e. The standard InChI is InChI=1S/C25H20BrN3O4/c1-14-11-21(33-16-5-3-15(26)4-6-16)18(12-20(14)29-22(30)7-8-23(29)31)19-13-28(2)25(32)24-17(19)9-10-27-24/h3-6,9-13,27H,7-8H2,1-2H3. The third-order valence-electron chi connectivity index (χ3n) is 5.82. The number of hydrogen-bond acceptors (Lipinski definition) is 4. The Kier molecular flexibility index (Phi) is 5.17. The smallest absolute Gasteiger partial charge is 0.274 e. The summed E-state index contributed by atoms with van der Waals surface area (Å²) in [7, 11) is 1.68. The summed E-state index contributed by atoms with van der Waals surface area (Å²) in [5, 5.41) is 0.729. The molecular formula is C25H20BrN3O4. The number of carbonyl (C=O) groups is 2. The van der Waals surface area contributed by atoms with Crippen LogP contribution >= 0.6 is 15.9 Å². The van der Waals surface area contributed by atoms with Crippen LogP contribution in [0.5, 0.6) is 11.5 Å². The number of pyridine rings is 1. The van der Waals surface area contributed by atoms with Gasteiger partial charge in [0.1, 0.15) is 17.0 Å². The van der Waals surface area contributed by atoms with E-state index in [1.165, 1.54) is 9.47 Å². The monoisotopic (exact) mass is 505 g/mol. The molecule has 1 saturated heterocycles. The van der Waals surface area contributed by atoms with Gasteiger partial charge >= 0.3 is 0 Å². The number of carbonyl (C=O) groups excluding carboxylic acids is 2. The van der Waals surface area contributed by atoms with E-state index in [0.29, 0.717) is 28.3 Å². The fourth-order valence-electron chi connectivity index (χ4n) is 4.16. The van der Waals surface area contributed by atoms with Gasteiger partial charge in [-0.05, 0) is 55.0 Å². The lowest BCUT2D eigenvalue weighted by Gasteiger charge is -2.21. The number of amides is 2. The number of aryl methyl sites for hydroxylation is 2. The van der Waals surface area contributed by atoms with Gasteiger partial charge in [-0.2, -0.15) is 0 Å². The molecule has 1 aliphatic rings. The highest BCUT2D eigenvalue weighted by Crippen LogP contribution is 2.41. The summed E-state index contributed by atoms with van der Waals surface area (Å²) in [6.07, 6.45) is 3.86. The van der Waals surface area contributed by atoms with Gasteiger partial charge in [0, 0.05) is 53.3 Å². The van der Waals surface area contributed by atoms with E-state index in [4.69, 9.17) is 4.74 Å². The van der Waals surface area contributed by atoms with Crippen molar-refractivity contribution < 1.29 is 14.3 Å². The summed E-state index contributed by atoms with van der Waals surface area (Å²) < 4.78 is 8.69. The Hall–Kier alpha value is -3.65. The molecular weight excluding hydrogens is 486 g/mol. The Morgan fingerprint density at radius 1 is 0.970 bits per heavy atom. The van der Waals surface area contributed by atoms with E-state index in [9.17, 15) is 14.4 Å². The van der Waals surface area contributed by atoms with Crippen molar-refractivity contribution in [3.8, 4) is 22.6 Å². The van der Waals surface area contributed by atoms with Crippen LogP contribution in [0.2, 0.25) is 0 Å². The minimum atomic E-state index is -0.220. The van der Waals surface area contributed by atoms with Gasteiger partial charge < -0.3 is 14.3 Å². The number of ether oxygens (including phenoxy) is 1. The van der Waals surface area contributed by atoms with Crippen molar-refractivity contribution in [2.75, 3.05) is 4.90 Å². The first-order valence-corrected chi connectivity index (χ1v) is 11.2. The summed E-state index contributed by atoms with van der Waals surface area (Å²) in [4.78, 5) is 41.8. The van der Waals surface area contributed by atoms with Crippen LogP contribution in [0, 0.1) is 6.92 Å². The number of rotatable bonds is 4. The van der Waals surface area contributed by atoms with E-state index in [0.717, 1.165) is 21.0 Å². The molecule has 5 rings (SSSR count). The lowest BCUT2D eigenvalue weighted by Crippen LogP contribution is -2.29. The van der Waals surface area contributed by atoms with Crippen LogP contribution in [0.4, 0.5) is 5.69 Å². The van der Waals surface area contributed by atoms with Gasteiger partial charge in [-0.15, -0.1) is 0 Å². The normalized spacial score (nSPS) is 13.8. The van der Waals surface area contributed by atoms with Gasteiger partial charge in [-0.3, -0.25) is 19.3 Å². The molecule has 0 saturated carbocycles. The molecule has 0 atom stereocenters. The van der Waals surface area contributed by atoms with Gasteiger partial charge in [-0.1, -0.05) is 15.9 Å². The summed E-state index contributed by atoms with van der Waals surface area (Å²) in [5.74, 6) is 0.750. The maximum atomic E-state index is 12.6. The van der Waals surface area contributed by atoms with Crippen LogP contribution in [0.15, 0.2) is 64.1 Å². The number of H-pyrrole nitrogens is 1. The fraction of sp³-hybridized carbons (Fsp3) is 0.160. The van der Waals surface area contributed by atoms with Crippen molar-refractivity contribution in [2.45, 2.75) is 19.8 Å². The number of aromatic amines is 1. The lowest BCUT2D eigenvalue weighted by atomic mass is 9.99. The molecule has 7 nitrogen and oxygen atoms in total. The number of hydrogen-bond donors (Lipinski definition) is 1. The third kappa shape index (κ3) is 3.66. The number of nitrogens with one attached hydrogen (secondary N) is 1. The molecule has 8 heteroatoms. The van der Waals surface area contributed by atoms with Gasteiger partial charge in [0.25, 0.3) is 5.56 Å². The molecule has 4 aromatic rings. The second kappa shape index (κ2) is 8.04. The SMILES string of the molecule is Cc1cc(Oc2ccc(Br)cc2)c(-c2cn(C)c(=O)c3[nH]ccc23)cc1N1C(=O)CCC1=O. The molecule has 0 unspecified atom stereocenters. The first kappa shape index (κ1) is 21.2. The number of nitrogens with zero attached hydrogens (tertiary/aromatic N) is 2. The molecule has 1 aliphatic heterocycles. The Labute approximate surface area is 197 Å². The Bertz CT molecular complexity index is 1470. The van der Waals surface area contributed by atoms with Gasteiger partial charge in [0.05, 0.1) is 5.69 Å². The lowest BCUT2D eigenvalue weighted by molar-refractivity contribution is -0.121. The molecule has 2 aromatic heterocycles. The van der Waals surface area contributed by atoms with E-state index < -0.39 is 0 Å². The van der Waals surface area contributed by atoms with Crippen LogP contribution in [0.25, 0.3) is 22.0 Å². The van der Waals surface area contributed by atoms with Crippen LogP contribution < -0.4 is 15.2 Å². The molecule has 0 spiro atoms. The minimum Gasteiger partial charge on any atom is -0.457 e. The minimum absolute atomic E-state index is 0.147. The second-order valence-electron chi connectivity index (χ2n) is 8.04. The Morgan fingerprint density at radius 3 is 2.36 bits per heavy atom. The van der Waals surface area contributed by atoms with Gasteiger partial charge in [-0.25, -0.2) is 0 Å². The molecule has 0 radical (unpaired) electrons. The summed E-state index contributed by atoms with van der Waals surface area (Å²) in [5.41, 5.74) is 3.02. The van der Waals surface area contributed by atoms with Crippen molar-refractivity contribution in [2.24, 2.45) is 7.05 Å². The average molecular weight is 506 g/mol. The quantitative estimate of drug-likeness (QED) is 0.393. The predicted octanol–water partition coefficient (Wildman–Crippen LogP) is 5.05. The summed E-state index contributed by atoms with van der Waals surface area (Å²) >= 11 is 3.43. The highest BCUT2D eigenvalue weighted by Gasteiger charge is 2.32. The van der Waals surface area contributed by atoms with Crippen molar-refractivity contribution >= 4 is 44.3 Å². The zero-order chi connectivity index (χ0) is 23.3. The van der Waals surface area contributed by atoms with Crippen LogP contribution in [0.1, 0.15) is 18.4 Å². The molecule has 33 heavy (non-hydrogen) atoms. The van der Waals surface area contributed by atoms with E-state index >= 15 is 0 Å². The highest BCUT2D eigenvalue weighted by atomic mass is 79.9. The molecule has 2 aromatic carbocycles. The highest BCUT2D eigenvalue weighted by molar-refractivity contribution is 9.10. The van der Waals surface area contributed by atoms with E-state index in [1.807, 2.05) is 43.3 Å². The average Bonchev–Trinajstić information content (AvgIpc) is 3.40.